The van der Waals surface area contributed by atoms with Gasteiger partial charge in [0, 0.05) is 0 Å². The first-order valence-electron chi connectivity index (χ1n) is 3.79. The van der Waals surface area contributed by atoms with E-state index in [1.165, 1.54) is 0 Å². The number of furan rings is 1. The summed E-state index contributed by atoms with van der Waals surface area (Å²) in [6.07, 6.45) is 1.73. The lowest BCUT2D eigenvalue weighted by molar-refractivity contribution is -0.109. The van der Waals surface area contributed by atoms with Gasteiger partial charge in [0.25, 0.3) is 0 Å². The first-order valence-corrected chi connectivity index (χ1v) is 3.79. The van der Waals surface area contributed by atoms with Gasteiger partial charge in [-0.25, -0.2) is 0 Å². The molecule has 0 aromatic carbocycles. The molecular weight excluding hydrogens is 140 g/mol. The highest BCUT2D eigenvalue weighted by Gasteiger charge is 2.10. The van der Waals surface area contributed by atoms with Gasteiger partial charge in [-0.2, -0.15) is 0 Å². The fourth-order valence-corrected chi connectivity index (χ4v) is 1.02. The zero-order chi connectivity index (χ0) is 8.27. The van der Waals surface area contributed by atoms with Gasteiger partial charge in [-0.1, -0.05) is 6.92 Å². The molecule has 60 valence electrons. The summed E-state index contributed by atoms with van der Waals surface area (Å²) in [6, 6.07) is 3.74. The standard InChI is InChI=1S/C9H12O2/c1-3-8(6-10)9-5-4-7(2)11-9/h4-6,8H,3H2,1-2H3/t8-/m1/s1. The Labute approximate surface area is 66.2 Å². The summed E-state index contributed by atoms with van der Waals surface area (Å²) >= 11 is 0. The summed E-state index contributed by atoms with van der Waals surface area (Å²) < 4.78 is 5.30. The Bertz CT molecular complexity index is 237. The van der Waals surface area contributed by atoms with Crippen LogP contribution in [0.25, 0.3) is 0 Å². The maximum Gasteiger partial charge on any atom is 0.130 e. The molecule has 0 amide bonds. The number of carbonyl (C=O) groups excluding carboxylic acids is 1. The summed E-state index contributed by atoms with van der Waals surface area (Å²) in [5.41, 5.74) is 0. The second-order valence-corrected chi connectivity index (χ2v) is 2.60. The van der Waals surface area contributed by atoms with E-state index in [0.717, 1.165) is 24.2 Å². The lowest BCUT2D eigenvalue weighted by Gasteiger charge is -2.00. The third-order valence-electron chi connectivity index (χ3n) is 1.73. The van der Waals surface area contributed by atoms with Crippen LogP contribution in [0.1, 0.15) is 30.8 Å². The highest BCUT2D eigenvalue weighted by Crippen LogP contribution is 2.18. The largest absolute Gasteiger partial charge is 0.466 e. The predicted octanol–water partition coefficient (Wildman–Crippen LogP) is 2.28. The maximum absolute atomic E-state index is 10.5. The number of rotatable bonds is 3. The summed E-state index contributed by atoms with van der Waals surface area (Å²) in [6.45, 7) is 3.85. The van der Waals surface area contributed by atoms with Crippen molar-refractivity contribution >= 4 is 6.29 Å². The molecule has 1 aromatic rings. The molecule has 0 unspecified atom stereocenters. The van der Waals surface area contributed by atoms with Crippen molar-refractivity contribution in [3.05, 3.63) is 23.7 Å². The first-order chi connectivity index (χ1) is 5.27. The molecule has 0 aliphatic rings. The quantitative estimate of drug-likeness (QED) is 0.622. The SMILES string of the molecule is CC[C@H](C=O)c1ccc(C)o1. The molecule has 0 spiro atoms. The molecule has 1 aromatic heterocycles. The fourth-order valence-electron chi connectivity index (χ4n) is 1.02. The molecule has 0 aliphatic carbocycles. The number of hydrogen-bond acceptors (Lipinski definition) is 2. The zero-order valence-corrected chi connectivity index (χ0v) is 6.83. The first kappa shape index (κ1) is 8.05. The number of aldehydes is 1. The minimum atomic E-state index is -0.0660. The van der Waals surface area contributed by atoms with Crippen LogP contribution >= 0.6 is 0 Å². The molecule has 0 saturated heterocycles. The monoisotopic (exact) mass is 152 g/mol. The van der Waals surface area contributed by atoms with E-state index in [2.05, 4.69) is 0 Å². The van der Waals surface area contributed by atoms with E-state index < -0.39 is 0 Å². The Morgan fingerprint density at radius 1 is 1.64 bits per heavy atom. The molecule has 0 saturated carbocycles. The Hall–Kier alpha value is -1.05. The average Bonchev–Trinajstić information content (AvgIpc) is 2.39. The molecule has 2 heteroatoms. The van der Waals surface area contributed by atoms with Crippen molar-refractivity contribution < 1.29 is 9.21 Å². The highest BCUT2D eigenvalue weighted by atomic mass is 16.3. The van der Waals surface area contributed by atoms with E-state index in [0.29, 0.717) is 0 Å². The molecule has 0 radical (unpaired) electrons. The molecular formula is C9H12O2. The van der Waals surface area contributed by atoms with Gasteiger partial charge < -0.3 is 9.21 Å². The van der Waals surface area contributed by atoms with Crippen LogP contribution in [0, 0.1) is 6.92 Å². The molecule has 0 fully saturated rings. The molecule has 2 nitrogen and oxygen atoms in total. The summed E-state index contributed by atoms with van der Waals surface area (Å²) in [4.78, 5) is 10.5. The Morgan fingerprint density at radius 2 is 2.36 bits per heavy atom. The number of hydrogen-bond donors (Lipinski definition) is 0. The van der Waals surface area contributed by atoms with Crippen LogP contribution in [-0.4, -0.2) is 6.29 Å². The third kappa shape index (κ3) is 1.70. The van der Waals surface area contributed by atoms with E-state index in [4.69, 9.17) is 4.42 Å². The van der Waals surface area contributed by atoms with Gasteiger partial charge in [-0.05, 0) is 25.5 Å². The van der Waals surface area contributed by atoms with Gasteiger partial charge >= 0.3 is 0 Å². The van der Waals surface area contributed by atoms with E-state index in [1.54, 1.807) is 0 Å². The molecule has 11 heavy (non-hydrogen) atoms. The van der Waals surface area contributed by atoms with Crippen LogP contribution in [0.3, 0.4) is 0 Å². The predicted molar refractivity (Wildman–Crippen MR) is 42.5 cm³/mol. The van der Waals surface area contributed by atoms with Crippen molar-refractivity contribution in [1.29, 1.82) is 0 Å². The van der Waals surface area contributed by atoms with Gasteiger partial charge in [0.05, 0.1) is 5.92 Å². The summed E-state index contributed by atoms with van der Waals surface area (Å²) in [7, 11) is 0. The molecule has 0 N–H and O–H groups in total. The van der Waals surface area contributed by atoms with Gasteiger partial charge in [0.15, 0.2) is 0 Å². The molecule has 1 heterocycles. The van der Waals surface area contributed by atoms with Crippen LogP contribution in [0.15, 0.2) is 16.5 Å². The molecule has 0 aliphatic heterocycles. The lowest BCUT2D eigenvalue weighted by atomic mass is 10.1. The Balaban J connectivity index is 2.81. The second kappa shape index (κ2) is 3.37. The number of carbonyl (C=O) groups is 1. The fraction of sp³-hybridized carbons (Fsp3) is 0.444. The topological polar surface area (TPSA) is 30.2 Å². The van der Waals surface area contributed by atoms with Gasteiger partial charge in [-0.15, -0.1) is 0 Å². The molecule has 1 rings (SSSR count). The van der Waals surface area contributed by atoms with Crippen molar-refractivity contribution in [3.8, 4) is 0 Å². The third-order valence-corrected chi connectivity index (χ3v) is 1.73. The molecule has 1 atom stereocenters. The van der Waals surface area contributed by atoms with Gasteiger partial charge in [0.2, 0.25) is 0 Å². The maximum atomic E-state index is 10.5. The second-order valence-electron chi connectivity index (χ2n) is 2.60. The highest BCUT2D eigenvalue weighted by molar-refractivity contribution is 5.60. The Morgan fingerprint density at radius 3 is 2.73 bits per heavy atom. The minimum absolute atomic E-state index is 0.0660. The van der Waals surface area contributed by atoms with E-state index in [-0.39, 0.29) is 5.92 Å². The van der Waals surface area contributed by atoms with E-state index in [9.17, 15) is 4.79 Å². The van der Waals surface area contributed by atoms with Crippen molar-refractivity contribution in [3.63, 3.8) is 0 Å². The average molecular weight is 152 g/mol. The van der Waals surface area contributed by atoms with Crippen LogP contribution in [0.5, 0.6) is 0 Å². The Kier molecular flexibility index (Phi) is 2.47. The normalized spacial score (nSPS) is 12.9. The summed E-state index contributed by atoms with van der Waals surface area (Å²) in [5.74, 6) is 1.57. The van der Waals surface area contributed by atoms with Gasteiger partial charge in [-0.3, -0.25) is 0 Å². The van der Waals surface area contributed by atoms with Crippen molar-refractivity contribution in [2.24, 2.45) is 0 Å². The van der Waals surface area contributed by atoms with Crippen LogP contribution in [0.4, 0.5) is 0 Å². The van der Waals surface area contributed by atoms with Crippen LogP contribution in [-0.2, 0) is 4.79 Å². The van der Waals surface area contributed by atoms with Crippen molar-refractivity contribution in [1.82, 2.24) is 0 Å². The number of aryl methyl sites for hydroxylation is 1. The zero-order valence-electron chi connectivity index (χ0n) is 6.83. The molecule has 0 bridgehead atoms. The minimum Gasteiger partial charge on any atom is -0.466 e. The van der Waals surface area contributed by atoms with Crippen LogP contribution < -0.4 is 0 Å². The van der Waals surface area contributed by atoms with Crippen LogP contribution in [0.2, 0.25) is 0 Å². The smallest absolute Gasteiger partial charge is 0.130 e. The van der Waals surface area contributed by atoms with Crippen molar-refractivity contribution in [2.75, 3.05) is 0 Å². The summed E-state index contributed by atoms with van der Waals surface area (Å²) in [5, 5.41) is 0. The van der Waals surface area contributed by atoms with E-state index in [1.807, 2.05) is 26.0 Å². The van der Waals surface area contributed by atoms with E-state index >= 15 is 0 Å². The van der Waals surface area contributed by atoms with Gasteiger partial charge in [0.1, 0.15) is 17.8 Å². The van der Waals surface area contributed by atoms with Crippen molar-refractivity contribution in [2.45, 2.75) is 26.2 Å². The lowest BCUT2D eigenvalue weighted by Crippen LogP contribution is -1.95.